The van der Waals surface area contributed by atoms with Crippen LogP contribution in [-0.4, -0.2) is 88.3 Å². The first-order chi connectivity index (χ1) is 20.1. The summed E-state index contributed by atoms with van der Waals surface area (Å²) in [5.41, 5.74) is -1.81. The monoisotopic (exact) mass is 669 g/mol. The Hall–Kier alpha value is -2.66. The van der Waals surface area contributed by atoms with Crippen LogP contribution < -0.4 is 21.6 Å². The second-order valence-corrected chi connectivity index (χ2v) is 13.9. The van der Waals surface area contributed by atoms with Crippen molar-refractivity contribution >= 4 is 34.6 Å². The number of aromatic amines is 2. The van der Waals surface area contributed by atoms with Gasteiger partial charge in [0.1, 0.15) is 24.9 Å². The number of nitrogens with zero attached hydrogens (tertiary/aromatic N) is 1. The summed E-state index contributed by atoms with van der Waals surface area (Å²) >= 11 is 0. The third-order valence-electron chi connectivity index (χ3n) is 6.44. The zero-order valence-corrected chi connectivity index (χ0v) is 25.5. The number of benzene rings is 1. The van der Waals surface area contributed by atoms with E-state index in [1.165, 1.54) is 0 Å². The fourth-order valence-electron chi connectivity index (χ4n) is 4.97. The summed E-state index contributed by atoms with van der Waals surface area (Å²) in [6.45, 7) is 6.56. The second kappa shape index (κ2) is 11.9. The molecule has 0 unspecified atom stereocenters. The van der Waals surface area contributed by atoms with Crippen LogP contribution in [0.25, 0.3) is 11.0 Å². The lowest BCUT2D eigenvalue weighted by Crippen LogP contribution is -2.60. The molecule has 3 aliphatic heterocycles. The largest absolute Gasteiger partial charge is 0.343 e. The lowest BCUT2D eigenvalue weighted by atomic mass is 9.98. The summed E-state index contributed by atoms with van der Waals surface area (Å²) in [6, 6.07) is 2.22. The molecule has 20 nitrogen and oxygen atoms in total. The molecule has 22 heteroatoms. The second-order valence-electron chi connectivity index (χ2n) is 11.0. The fraction of sp³-hybridized carbons (Fsp3) is 0.636. The number of H-pyrrole nitrogens is 2. The summed E-state index contributed by atoms with van der Waals surface area (Å²) in [4.78, 5) is 54.9. The molecule has 1 aromatic heterocycles. The molecule has 0 saturated carbocycles. The first-order valence-electron chi connectivity index (χ1n) is 12.8. The minimum Gasteiger partial charge on any atom is -0.343 e. The van der Waals surface area contributed by atoms with Crippen molar-refractivity contribution < 1.29 is 55.6 Å². The van der Waals surface area contributed by atoms with Crippen molar-refractivity contribution in [1.29, 1.82) is 0 Å². The SMILES string of the molecule is CC1(C)O[C@@H]2[C@@H](CO[C@@]3(COS(N)(=O)=O)OC(C)(C)O[C@@H]23)O1.O=c1[nH]c2cc([N+](=O)[O-])cc(CNCP(=O)(O)O)c2[nH]c1=O. The minimum absolute atomic E-state index is 0.0479. The van der Waals surface area contributed by atoms with E-state index in [1.54, 1.807) is 27.7 Å². The summed E-state index contributed by atoms with van der Waals surface area (Å²) < 4.78 is 66.7. The van der Waals surface area contributed by atoms with Crippen LogP contribution in [0.5, 0.6) is 0 Å². The van der Waals surface area contributed by atoms with Gasteiger partial charge in [-0.2, -0.15) is 8.42 Å². The molecule has 4 heterocycles. The smallest absolute Gasteiger partial charge is 0.339 e. The Morgan fingerprint density at radius 2 is 1.80 bits per heavy atom. The number of hydrogen-bond donors (Lipinski definition) is 6. The molecule has 7 N–H and O–H groups in total. The maximum Gasteiger partial charge on any atom is 0.339 e. The molecule has 1 aromatic carbocycles. The molecule has 4 atom stereocenters. The van der Waals surface area contributed by atoms with Gasteiger partial charge in [0.05, 0.1) is 28.8 Å². The van der Waals surface area contributed by atoms with Crippen molar-refractivity contribution in [3.05, 3.63) is 48.5 Å². The molecule has 3 fully saturated rings. The average Bonchev–Trinajstić information content (AvgIpc) is 3.34. The van der Waals surface area contributed by atoms with Gasteiger partial charge in [-0.15, -0.1) is 0 Å². The molecule has 44 heavy (non-hydrogen) atoms. The number of rotatable bonds is 8. The molecule has 3 aliphatic rings. The van der Waals surface area contributed by atoms with Crippen LogP contribution in [0.1, 0.15) is 33.3 Å². The van der Waals surface area contributed by atoms with Crippen LogP contribution in [0.4, 0.5) is 5.69 Å². The Bertz CT molecular complexity index is 1700. The topological polar surface area (TPSA) is 294 Å². The maximum atomic E-state index is 11.4. The number of aromatic nitrogens is 2. The first kappa shape index (κ1) is 34.2. The van der Waals surface area contributed by atoms with Gasteiger partial charge in [0.15, 0.2) is 11.6 Å². The van der Waals surface area contributed by atoms with Crippen LogP contribution in [0.2, 0.25) is 0 Å². The third-order valence-corrected chi connectivity index (χ3v) is 7.52. The summed E-state index contributed by atoms with van der Waals surface area (Å²) in [5, 5.41) is 18.2. The van der Waals surface area contributed by atoms with E-state index in [0.717, 1.165) is 12.1 Å². The van der Waals surface area contributed by atoms with Gasteiger partial charge >= 0.3 is 29.0 Å². The Kier molecular flexibility index (Phi) is 9.28. The predicted octanol–water partition coefficient (Wildman–Crippen LogP) is -1.05. The van der Waals surface area contributed by atoms with Crippen LogP contribution in [0.3, 0.4) is 0 Å². The third kappa shape index (κ3) is 8.13. The standard InChI is InChI=1S/C12H21NO8S.C10H11N4O7P/c1-10(2)18-7-5-16-12(6-17-22(13,14)15)9(8(7)19-10)20-11(3,4)21-12;15-9-10(16)13-8-5(3-11-4-22(19,20)21)1-6(14(17)18)2-7(8)12-9/h7-9H,5-6H2,1-4H3,(H2,13,14,15);1-2,11H,3-4H2,(H,12,15)(H,13,16)(H2,19,20,21)/t7-,8-,9+,12+;/m1./s1. The van der Waals surface area contributed by atoms with E-state index in [-0.39, 0.29) is 41.5 Å². The summed E-state index contributed by atoms with van der Waals surface area (Å²) in [6.07, 6.45) is -2.13. The molecule has 0 radical (unpaired) electrons. The minimum atomic E-state index is -4.29. The van der Waals surface area contributed by atoms with Gasteiger partial charge in [-0.25, -0.2) is 5.14 Å². The number of nitrogens with one attached hydrogen (secondary N) is 3. The lowest BCUT2D eigenvalue weighted by molar-refractivity contribution is -0.384. The van der Waals surface area contributed by atoms with Crippen molar-refractivity contribution in [1.82, 2.24) is 15.3 Å². The quantitative estimate of drug-likeness (QED) is 0.0846. The number of ether oxygens (including phenoxy) is 5. The van der Waals surface area contributed by atoms with Gasteiger partial charge in [-0.1, -0.05) is 0 Å². The van der Waals surface area contributed by atoms with Gasteiger partial charge in [0, 0.05) is 18.7 Å². The Morgan fingerprint density at radius 3 is 2.41 bits per heavy atom. The van der Waals surface area contributed by atoms with Crippen molar-refractivity contribution in [2.24, 2.45) is 5.14 Å². The molecular weight excluding hydrogens is 637 g/mol. The van der Waals surface area contributed by atoms with Gasteiger partial charge in [0.2, 0.25) is 5.79 Å². The Balaban J connectivity index is 0.000000201. The highest BCUT2D eigenvalue weighted by atomic mass is 32.2. The molecule has 0 amide bonds. The number of hydrogen-bond acceptors (Lipinski definition) is 14. The van der Waals surface area contributed by atoms with E-state index in [1.807, 2.05) is 0 Å². The lowest BCUT2D eigenvalue weighted by Gasteiger charge is -2.40. The van der Waals surface area contributed by atoms with Gasteiger partial charge in [0.25, 0.3) is 5.69 Å². The zero-order chi connectivity index (χ0) is 32.9. The van der Waals surface area contributed by atoms with Crippen molar-refractivity contribution in [3.8, 4) is 0 Å². The number of nitro groups is 1. The normalized spacial score (nSPS) is 27.3. The van der Waals surface area contributed by atoms with Gasteiger partial charge < -0.3 is 48.8 Å². The first-order valence-corrected chi connectivity index (χ1v) is 16.1. The number of non-ortho nitro benzene ring substituents is 1. The molecule has 246 valence electrons. The van der Waals surface area contributed by atoms with Crippen molar-refractivity contribution in [3.63, 3.8) is 0 Å². The van der Waals surface area contributed by atoms with Crippen LogP contribution in [-0.2, 0) is 49.3 Å². The van der Waals surface area contributed by atoms with E-state index in [2.05, 4.69) is 15.3 Å². The van der Waals surface area contributed by atoms with Crippen LogP contribution >= 0.6 is 7.60 Å². The van der Waals surface area contributed by atoms with Crippen molar-refractivity contribution in [2.45, 2.75) is 69.9 Å². The molecule has 0 spiro atoms. The van der Waals surface area contributed by atoms with Crippen LogP contribution in [0.15, 0.2) is 21.7 Å². The van der Waals surface area contributed by atoms with E-state index in [9.17, 15) is 32.7 Å². The highest BCUT2D eigenvalue weighted by Crippen LogP contribution is 2.47. The molecule has 0 bridgehead atoms. The maximum absolute atomic E-state index is 11.4. The summed E-state index contributed by atoms with van der Waals surface area (Å²) in [5.74, 6) is -3.19. The molecule has 2 aromatic rings. The van der Waals surface area contributed by atoms with Gasteiger partial charge in [-0.3, -0.25) is 28.5 Å². The predicted molar refractivity (Wildman–Crippen MR) is 147 cm³/mol. The Morgan fingerprint density at radius 1 is 1.14 bits per heavy atom. The van der Waals surface area contributed by atoms with E-state index < -0.39 is 76.4 Å². The Labute approximate surface area is 248 Å². The molecular formula is C22H32N5O15PS. The molecule has 5 rings (SSSR count). The van der Waals surface area contributed by atoms with E-state index in [0.29, 0.717) is 0 Å². The van der Waals surface area contributed by atoms with E-state index in [4.69, 9.17) is 42.8 Å². The average molecular weight is 670 g/mol. The highest BCUT2D eigenvalue weighted by molar-refractivity contribution is 7.84. The fourth-order valence-corrected chi connectivity index (χ4v) is 5.71. The van der Waals surface area contributed by atoms with Gasteiger partial charge in [-0.05, 0) is 33.3 Å². The molecule has 3 saturated heterocycles. The highest BCUT2D eigenvalue weighted by Gasteiger charge is 2.65. The summed E-state index contributed by atoms with van der Waals surface area (Å²) in [7, 11) is -8.42. The zero-order valence-electron chi connectivity index (χ0n) is 23.8. The number of nitrogens with two attached hydrogens (primary N) is 1. The van der Waals surface area contributed by atoms with Crippen molar-refractivity contribution in [2.75, 3.05) is 19.5 Å². The van der Waals surface area contributed by atoms with Crippen LogP contribution in [0, 0.1) is 10.1 Å². The number of fused-ring (bicyclic) bond motifs is 4. The molecule has 0 aliphatic carbocycles. The van der Waals surface area contributed by atoms with E-state index >= 15 is 0 Å². The number of nitro benzene ring substituents is 1.